The van der Waals surface area contributed by atoms with Gasteiger partial charge in [0.1, 0.15) is 15.6 Å². The van der Waals surface area contributed by atoms with Crippen molar-refractivity contribution < 1.29 is 58.3 Å². The Kier molecular flexibility index (Phi) is 14.6. The fourth-order valence-electron chi connectivity index (χ4n) is 8.97. The molecule has 1 aliphatic rings. The van der Waals surface area contributed by atoms with Gasteiger partial charge in [0.15, 0.2) is 11.6 Å². The van der Waals surface area contributed by atoms with E-state index in [0.717, 1.165) is 47.6 Å². The third-order valence-corrected chi connectivity index (χ3v) is 14.9. The Hall–Kier alpha value is -6.18. The van der Waals surface area contributed by atoms with Crippen LogP contribution in [0.25, 0.3) is 5.57 Å². The van der Waals surface area contributed by atoms with Crippen LogP contribution in [-0.4, -0.2) is 68.4 Å². The number of allylic oxidation sites excluding steroid dienone is 4. The molecule has 0 atom stereocenters. The van der Waals surface area contributed by atoms with Crippen molar-refractivity contribution >= 4 is 58.9 Å². The minimum Gasteiger partial charge on any atom is -0.495 e. The Balaban J connectivity index is 1.64. The van der Waals surface area contributed by atoms with Gasteiger partial charge >= 0.3 is 0 Å². The molecule has 0 saturated carbocycles. The molecule has 0 unspecified atom stereocenters. The number of aliphatic imine (C=N–C) groups is 1. The van der Waals surface area contributed by atoms with Crippen LogP contribution in [-0.2, 0) is 49.8 Å². The van der Waals surface area contributed by atoms with Gasteiger partial charge in [0.2, 0.25) is 0 Å². The van der Waals surface area contributed by atoms with Gasteiger partial charge in [0.25, 0.3) is 30.4 Å². The number of ether oxygens (including phenoxy) is 1. The van der Waals surface area contributed by atoms with Crippen LogP contribution in [0.15, 0.2) is 110 Å². The van der Waals surface area contributed by atoms with Gasteiger partial charge in [-0.15, -0.1) is 0 Å². The second-order valence-electron chi connectivity index (χ2n) is 16.9. The highest BCUT2D eigenvalue weighted by molar-refractivity contribution is 7.90. The maximum atomic E-state index is 13.6. The molecule has 0 aliphatic heterocycles. The molecule has 0 radical (unpaired) electrons. The Morgan fingerprint density at radius 3 is 1.62 bits per heavy atom. The summed E-state index contributed by atoms with van der Waals surface area (Å²) in [5.41, 5.74) is 8.23. The van der Waals surface area contributed by atoms with Crippen molar-refractivity contribution in [2.75, 3.05) is 7.11 Å². The number of Topliss-reactive ketones (excluding diaryl/α,β-unsaturated/α-hetero) is 2. The Labute approximate surface area is 396 Å². The first-order chi connectivity index (χ1) is 31.6. The number of carbonyl (C=O) groups is 2. The number of ketones is 2. The van der Waals surface area contributed by atoms with Crippen LogP contribution >= 0.6 is 0 Å². The second kappa shape index (κ2) is 19.4. The average Bonchev–Trinajstić information content (AvgIpc) is 3.23. The summed E-state index contributed by atoms with van der Waals surface area (Å²) in [6.07, 6.45) is 4.22. The van der Waals surface area contributed by atoms with Gasteiger partial charge in [0, 0.05) is 22.3 Å². The SMILES string of the molecule is COc1cc(CO)c(N=C2C=CC(=C(c3ccc(Cc4c(C)cc(C)cc4C)c(C(C)=O)c3)c3ccc(Cc4c(C)cc(C)c(S(=O)(=O)O)c4C)c(C(C)=O)c3)C(S(=O)(=O)O)=C2)cc1S(=O)(=O)O. The number of hydrogen-bond acceptors (Lipinski definition) is 11. The number of aryl methyl sites for hydroxylation is 5. The molecule has 0 saturated heterocycles. The summed E-state index contributed by atoms with van der Waals surface area (Å²) in [6, 6.07) is 17.8. The van der Waals surface area contributed by atoms with E-state index in [-0.39, 0.29) is 62.1 Å². The van der Waals surface area contributed by atoms with E-state index in [0.29, 0.717) is 50.9 Å². The van der Waals surface area contributed by atoms with Gasteiger partial charge in [-0.05, 0) is 171 Å². The van der Waals surface area contributed by atoms with Crippen molar-refractivity contribution in [2.24, 2.45) is 4.99 Å². The van der Waals surface area contributed by atoms with E-state index in [1.54, 1.807) is 63.2 Å². The number of aliphatic hydroxyl groups is 1. The van der Waals surface area contributed by atoms with Crippen LogP contribution in [0, 0.1) is 41.5 Å². The first-order valence-electron chi connectivity index (χ1n) is 21.1. The zero-order chi connectivity index (χ0) is 50.4. The second-order valence-corrected chi connectivity index (χ2v) is 21.1. The van der Waals surface area contributed by atoms with Crippen molar-refractivity contribution in [3.63, 3.8) is 0 Å². The van der Waals surface area contributed by atoms with E-state index in [1.165, 1.54) is 26.0 Å². The zero-order valence-corrected chi connectivity index (χ0v) is 41.3. The molecule has 68 heavy (non-hydrogen) atoms. The van der Waals surface area contributed by atoms with Gasteiger partial charge in [0.05, 0.1) is 30.0 Å². The van der Waals surface area contributed by atoms with E-state index in [1.807, 2.05) is 20.8 Å². The molecule has 4 N–H and O–H groups in total. The third-order valence-electron chi connectivity index (χ3n) is 12.0. The number of nitrogens with zero attached hydrogens (tertiary/aromatic N) is 1. The fraction of sp³-hybridized carbons (Fsp3) is 0.235. The molecule has 17 heteroatoms. The number of benzene rings is 5. The highest BCUT2D eigenvalue weighted by atomic mass is 32.2. The molecule has 0 bridgehead atoms. The summed E-state index contributed by atoms with van der Waals surface area (Å²) in [7, 11) is -13.5. The molecule has 0 heterocycles. The number of hydrogen-bond donors (Lipinski definition) is 4. The van der Waals surface area contributed by atoms with Crippen LogP contribution in [0.3, 0.4) is 0 Å². The first kappa shape index (κ1) is 51.2. The fourth-order valence-corrected chi connectivity index (χ4v) is 11.3. The number of rotatable bonds is 14. The first-order valence-corrected chi connectivity index (χ1v) is 25.4. The van der Waals surface area contributed by atoms with E-state index in [9.17, 15) is 53.6 Å². The van der Waals surface area contributed by atoms with Crippen LogP contribution in [0.2, 0.25) is 0 Å². The summed E-state index contributed by atoms with van der Waals surface area (Å²) < 4.78 is 113. The Bertz CT molecular complexity index is 3430. The third kappa shape index (κ3) is 10.7. The van der Waals surface area contributed by atoms with E-state index in [4.69, 9.17) is 4.74 Å². The monoisotopic (exact) mass is 981 g/mol. The summed E-state index contributed by atoms with van der Waals surface area (Å²) >= 11 is 0. The van der Waals surface area contributed by atoms with Crippen LogP contribution < -0.4 is 4.74 Å². The molecule has 356 valence electrons. The quantitative estimate of drug-likeness (QED) is 0.0601. The standard InChI is InChI=1S/C51H51NO13S3/c1-27-16-28(2)42(29(3)17-27)19-35-10-12-37(21-44(35)33(7)54)50(38-13-11-36(45(22-38)34(8)55)20-43-30(4)18-31(5)51(32(43)6)68(62,63)64)41-15-14-40(24-48(41)66(56,57)58)52-46-25-49(67(59,60)61)47(65-9)23-39(46)26-53/h10-18,21-25,53H,19-20,26H2,1-9H3,(H,56,57,58)(H,59,60,61)(H,62,63,64). The van der Waals surface area contributed by atoms with Crippen molar-refractivity contribution in [1.82, 2.24) is 0 Å². The molecule has 6 rings (SSSR count). The van der Waals surface area contributed by atoms with E-state index >= 15 is 0 Å². The molecule has 5 aromatic carbocycles. The van der Waals surface area contributed by atoms with Crippen LogP contribution in [0.1, 0.15) is 107 Å². The molecule has 1 aliphatic carbocycles. The number of methoxy groups -OCH3 is 1. The lowest BCUT2D eigenvalue weighted by atomic mass is 9.84. The molecule has 14 nitrogen and oxygen atoms in total. The minimum atomic E-state index is -5.15. The molecule has 5 aromatic rings. The van der Waals surface area contributed by atoms with Crippen molar-refractivity contribution in [3.05, 3.63) is 179 Å². The zero-order valence-electron chi connectivity index (χ0n) is 38.8. The lowest BCUT2D eigenvalue weighted by Gasteiger charge is -2.21. The Morgan fingerprint density at radius 2 is 1.15 bits per heavy atom. The summed E-state index contributed by atoms with van der Waals surface area (Å²) in [4.78, 5) is 30.0. The van der Waals surface area contributed by atoms with Gasteiger partial charge in [-0.2, -0.15) is 25.3 Å². The Morgan fingerprint density at radius 1 is 0.618 bits per heavy atom. The van der Waals surface area contributed by atoms with Crippen molar-refractivity contribution in [1.29, 1.82) is 0 Å². The van der Waals surface area contributed by atoms with Crippen molar-refractivity contribution in [3.8, 4) is 5.75 Å². The molecular weight excluding hydrogens is 931 g/mol. The normalized spacial score (nSPS) is 14.5. The molecule has 0 aromatic heterocycles. The van der Waals surface area contributed by atoms with E-state index in [2.05, 4.69) is 17.1 Å². The van der Waals surface area contributed by atoms with Crippen LogP contribution in [0.4, 0.5) is 5.69 Å². The van der Waals surface area contributed by atoms with Gasteiger partial charge in [-0.1, -0.05) is 54.1 Å². The smallest absolute Gasteiger partial charge is 0.298 e. The molecular formula is C51H51NO13S3. The number of carbonyl (C=O) groups excluding carboxylic acids is 2. The molecule has 0 spiro atoms. The maximum Gasteiger partial charge on any atom is 0.298 e. The number of aliphatic hydroxyl groups excluding tert-OH is 1. The average molecular weight is 982 g/mol. The predicted octanol–water partition coefficient (Wildman–Crippen LogP) is 9.03. The van der Waals surface area contributed by atoms with Crippen molar-refractivity contribution in [2.45, 2.75) is 84.6 Å². The summed E-state index contributed by atoms with van der Waals surface area (Å²) in [5, 5.41) is 10.2. The molecule has 0 fully saturated rings. The highest BCUT2D eigenvalue weighted by Crippen LogP contribution is 2.39. The lowest BCUT2D eigenvalue weighted by molar-refractivity contribution is 0.100. The predicted molar refractivity (Wildman–Crippen MR) is 260 cm³/mol. The highest BCUT2D eigenvalue weighted by Gasteiger charge is 2.29. The van der Waals surface area contributed by atoms with Gasteiger partial charge < -0.3 is 9.84 Å². The topological polar surface area (TPSA) is 239 Å². The molecule has 0 amide bonds. The summed E-state index contributed by atoms with van der Waals surface area (Å²) in [6.45, 7) is 13.0. The maximum absolute atomic E-state index is 13.6. The van der Waals surface area contributed by atoms with Crippen LogP contribution in [0.5, 0.6) is 5.75 Å². The minimum absolute atomic E-state index is 0.0500. The van der Waals surface area contributed by atoms with Gasteiger partial charge in [-0.25, -0.2) is 4.99 Å². The largest absolute Gasteiger partial charge is 0.495 e. The lowest BCUT2D eigenvalue weighted by Crippen LogP contribution is -2.13. The summed E-state index contributed by atoms with van der Waals surface area (Å²) in [5.74, 6) is -0.967. The van der Waals surface area contributed by atoms with E-state index < -0.39 is 52.5 Å². The van der Waals surface area contributed by atoms with Gasteiger partial charge in [-0.3, -0.25) is 23.2 Å².